The van der Waals surface area contributed by atoms with Gasteiger partial charge in [-0.3, -0.25) is 9.59 Å². The zero-order valence-corrected chi connectivity index (χ0v) is 15.4. The summed E-state index contributed by atoms with van der Waals surface area (Å²) in [5, 5.41) is 2.37. The van der Waals surface area contributed by atoms with Gasteiger partial charge in [-0.1, -0.05) is 24.3 Å². The van der Waals surface area contributed by atoms with Crippen molar-refractivity contribution in [3.05, 3.63) is 53.0 Å². The van der Waals surface area contributed by atoms with E-state index >= 15 is 0 Å². The molecule has 2 heterocycles. The van der Waals surface area contributed by atoms with Gasteiger partial charge in [0.15, 0.2) is 6.61 Å². The van der Waals surface area contributed by atoms with Crippen molar-refractivity contribution >= 4 is 44.0 Å². The molecule has 3 aromatic rings. The predicted molar refractivity (Wildman–Crippen MR) is 97.8 cm³/mol. The molecule has 136 valence electrons. The molecule has 0 saturated carbocycles. The molecular weight excluding hydrogens is 376 g/mol. The highest BCUT2D eigenvalue weighted by molar-refractivity contribution is 7.91. The summed E-state index contributed by atoms with van der Waals surface area (Å²) in [4.78, 5) is 27.3. The van der Waals surface area contributed by atoms with Crippen molar-refractivity contribution in [2.24, 2.45) is 0 Å². The van der Waals surface area contributed by atoms with Gasteiger partial charge >= 0.3 is 5.97 Å². The largest absolute Gasteiger partial charge is 0.456 e. The van der Waals surface area contributed by atoms with Crippen LogP contribution in [0.3, 0.4) is 0 Å². The molecule has 2 aromatic heterocycles. The quantitative estimate of drug-likeness (QED) is 0.474. The lowest BCUT2D eigenvalue weighted by Gasteiger charge is -2.06. The van der Waals surface area contributed by atoms with Crippen molar-refractivity contribution in [2.45, 2.75) is 11.1 Å². The number of ketones is 1. The Morgan fingerprint density at radius 3 is 2.69 bits per heavy atom. The second kappa shape index (κ2) is 7.40. The van der Waals surface area contributed by atoms with Crippen LogP contribution in [0.25, 0.3) is 10.9 Å². The van der Waals surface area contributed by atoms with Crippen LogP contribution in [0.15, 0.2) is 46.0 Å². The van der Waals surface area contributed by atoms with Crippen LogP contribution < -0.4 is 4.72 Å². The summed E-state index contributed by atoms with van der Waals surface area (Å²) < 4.78 is 31.0. The van der Waals surface area contributed by atoms with E-state index in [0.29, 0.717) is 11.3 Å². The number of carbonyl (C=O) groups excluding carboxylic acids is 2. The highest BCUT2D eigenvalue weighted by Gasteiger charge is 2.19. The number of Topliss-reactive ketones (excluding diaryl/α,β-unsaturated/α-hetero) is 1. The van der Waals surface area contributed by atoms with E-state index in [2.05, 4.69) is 9.71 Å². The van der Waals surface area contributed by atoms with Gasteiger partial charge in [-0.05, 0) is 24.4 Å². The summed E-state index contributed by atoms with van der Waals surface area (Å²) in [5.74, 6) is -1.18. The Morgan fingerprint density at radius 2 is 1.96 bits per heavy atom. The second-order valence-electron chi connectivity index (χ2n) is 5.51. The maximum atomic E-state index is 12.4. The predicted octanol–water partition coefficient (Wildman–Crippen LogP) is 2.24. The molecule has 0 atom stereocenters. The minimum atomic E-state index is -3.75. The molecule has 0 spiro atoms. The fraction of sp³-hybridized carbons (Fsp3) is 0.176. The van der Waals surface area contributed by atoms with Crippen LogP contribution in [0.2, 0.25) is 0 Å². The maximum absolute atomic E-state index is 12.4. The summed E-state index contributed by atoms with van der Waals surface area (Å²) in [6.45, 7) is 0.771. The number of thiophene rings is 1. The normalized spacial score (nSPS) is 11.6. The van der Waals surface area contributed by atoms with E-state index in [1.165, 1.54) is 6.07 Å². The molecule has 0 aliphatic heterocycles. The zero-order valence-electron chi connectivity index (χ0n) is 13.8. The van der Waals surface area contributed by atoms with Gasteiger partial charge < -0.3 is 9.72 Å². The fourth-order valence-electron chi connectivity index (χ4n) is 2.55. The van der Waals surface area contributed by atoms with Gasteiger partial charge in [0, 0.05) is 22.2 Å². The Kier molecular flexibility index (Phi) is 5.21. The van der Waals surface area contributed by atoms with E-state index in [0.717, 1.165) is 22.2 Å². The Bertz CT molecular complexity index is 1050. The number of sulfonamides is 1. The zero-order chi connectivity index (χ0) is 18.7. The Balaban J connectivity index is 1.59. The summed E-state index contributed by atoms with van der Waals surface area (Å²) in [6, 6.07) is 10.4. The number of esters is 1. The summed E-state index contributed by atoms with van der Waals surface area (Å²) >= 11 is 1.04. The van der Waals surface area contributed by atoms with Crippen molar-refractivity contribution in [1.82, 2.24) is 9.71 Å². The number of aryl methyl sites for hydroxylation is 1. The third-order valence-corrected chi connectivity index (χ3v) is 6.50. The van der Waals surface area contributed by atoms with Crippen molar-refractivity contribution < 1.29 is 22.7 Å². The number of carbonyl (C=O) groups is 2. The number of ether oxygens (including phenoxy) is 1. The fourth-order valence-corrected chi connectivity index (χ4v) is 4.55. The van der Waals surface area contributed by atoms with Crippen LogP contribution in [0, 0.1) is 6.92 Å². The first-order valence-corrected chi connectivity index (χ1v) is 10.0. The average molecular weight is 392 g/mol. The van der Waals surface area contributed by atoms with Crippen molar-refractivity contribution in [3.63, 3.8) is 0 Å². The minimum absolute atomic E-state index is 0.107. The number of H-pyrrole nitrogens is 1. The Morgan fingerprint density at radius 1 is 1.19 bits per heavy atom. The van der Waals surface area contributed by atoms with Crippen molar-refractivity contribution in [3.8, 4) is 0 Å². The molecule has 0 radical (unpaired) electrons. The molecule has 0 amide bonds. The Hall–Kier alpha value is -2.49. The first-order valence-electron chi connectivity index (χ1n) is 7.68. The number of benzene rings is 1. The van der Waals surface area contributed by atoms with Crippen LogP contribution >= 0.6 is 11.3 Å². The third-order valence-electron chi connectivity index (χ3n) is 3.70. The highest BCUT2D eigenvalue weighted by Crippen LogP contribution is 2.22. The maximum Gasteiger partial charge on any atom is 0.321 e. The monoisotopic (exact) mass is 392 g/mol. The van der Waals surface area contributed by atoms with Gasteiger partial charge in [0.05, 0.1) is 0 Å². The van der Waals surface area contributed by atoms with E-state index in [9.17, 15) is 18.0 Å². The van der Waals surface area contributed by atoms with Crippen LogP contribution in [0.5, 0.6) is 0 Å². The van der Waals surface area contributed by atoms with Gasteiger partial charge in [-0.15, -0.1) is 11.3 Å². The summed E-state index contributed by atoms with van der Waals surface area (Å²) in [6.07, 6.45) is 0. The van der Waals surface area contributed by atoms with Crippen LogP contribution in [0.4, 0.5) is 0 Å². The van der Waals surface area contributed by atoms with Crippen LogP contribution in [0.1, 0.15) is 16.1 Å². The molecule has 0 fully saturated rings. The van der Waals surface area contributed by atoms with Gasteiger partial charge in [0.2, 0.25) is 5.78 Å². The van der Waals surface area contributed by atoms with E-state index in [4.69, 9.17) is 4.74 Å². The molecule has 1 aromatic carbocycles. The topological polar surface area (TPSA) is 105 Å². The molecule has 3 rings (SSSR count). The standard InChI is InChI=1S/C17H16N2O5S2/c1-11-17(12-5-2-3-6-13(12)19-11)14(20)10-24-15(21)9-18-26(22,23)16-7-4-8-25-16/h2-8,18-19H,9-10H2,1H3. The van der Waals surface area contributed by atoms with Crippen molar-refractivity contribution in [1.29, 1.82) is 0 Å². The molecular formula is C17H16N2O5S2. The summed E-state index contributed by atoms with van der Waals surface area (Å²) in [7, 11) is -3.75. The molecule has 0 aliphatic carbocycles. The Labute approximate surface area is 154 Å². The van der Waals surface area contributed by atoms with E-state index in [1.807, 2.05) is 24.3 Å². The van der Waals surface area contributed by atoms with Gasteiger partial charge in [-0.25, -0.2) is 8.42 Å². The lowest BCUT2D eigenvalue weighted by atomic mass is 10.1. The smallest absolute Gasteiger partial charge is 0.321 e. The third kappa shape index (κ3) is 3.85. The molecule has 0 aliphatic rings. The molecule has 2 N–H and O–H groups in total. The van der Waals surface area contributed by atoms with E-state index in [1.54, 1.807) is 18.4 Å². The number of para-hydroxylation sites is 1. The molecule has 0 unspecified atom stereocenters. The van der Waals surface area contributed by atoms with Crippen LogP contribution in [-0.2, 0) is 19.6 Å². The number of fused-ring (bicyclic) bond motifs is 1. The minimum Gasteiger partial charge on any atom is -0.456 e. The molecule has 0 saturated heterocycles. The number of nitrogens with one attached hydrogen (secondary N) is 2. The number of aromatic nitrogens is 1. The SMILES string of the molecule is Cc1[nH]c2ccccc2c1C(=O)COC(=O)CNS(=O)(=O)c1cccs1. The molecule has 7 nitrogen and oxygen atoms in total. The molecule has 0 bridgehead atoms. The van der Waals surface area contributed by atoms with Crippen LogP contribution in [-0.4, -0.2) is 38.3 Å². The van der Waals surface area contributed by atoms with E-state index < -0.39 is 29.1 Å². The van der Waals surface area contributed by atoms with E-state index in [-0.39, 0.29) is 9.99 Å². The van der Waals surface area contributed by atoms with Gasteiger partial charge in [0.25, 0.3) is 10.0 Å². The first kappa shape index (κ1) is 18.3. The number of rotatable bonds is 7. The van der Waals surface area contributed by atoms with Gasteiger partial charge in [-0.2, -0.15) is 4.72 Å². The van der Waals surface area contributed by atoms with Gasteiger partial charge in [0.1, 0.15) is 10.8 Å². The number of hydrogen-bond acceptors (Lipinski definition) is 6. The number of aromatic amines is 1. The highest BCUT2D eigenvalue weighted by atomic mass is 32.2. The lowest BCUT2D eigenvalue weighted by molar-refractivity contribution is -0.141. The first-order chi connectivity index (χ1) is 12.4. The number of hydrogen-bond donors (Lipinski definition) is 2. The lowest BCUT2D eigenvalue weighted by Crippen LogP contribution is -2.31. The molecule has 9 heteroatoms. The van der Waals surface area contributed by atoms with Crippen molar-refractivity contribution in [2.75, 3.05) is 13.2 Å². The molecule has 26 heavy (non-hydrogen) atoms. The average Bonchev–Trinajstić information content (AvgIpc) is 3.25. The second-order valence-corrected chi connectivity index (χ2v) is 8.45. The summed E-state index contributed by atoms with van der Waals surface area (Å²) in [5.41, 5.74) is 1.97.